The summed E-state index contributed by atoms with van der Waals surface area (Å²) >= 11 is 6.75. The lowest BCUT2D eigenvalue weighted by Crippen LogP contribution is -2.24. The SMILES string of the molecule is O=C(COc1ccc(Br)cc1Br)NN=Cc1ccc(OCc2ccccc2)cc1. The minimum absolute atomic E-state index is 0.135. The van der Waals surface area contributed by atoms with Gasteiger partial charge in [-0.05, 0) is 69.5 Å². The van der Waals surface area contributed by atoms with Gasteiger partial charge in [-0.3, -0.25) is 4.79 Å². The van der Waals surface area contributed by atoms with Gasteiger partial charge >= 0.3 is 0 Å². The van der Waals surface area contributed by atoms with Crippen molar-refractivity contribution in [3.63, 3.8) is 0 Å². The van der Waals surface area contributed by atoms with Crippen LogP contribution in [0.4, 0.5) is 0 Å². The molecule has 0 radical (unpaired) electrons. The van der Waals surface area contributed by atoms with Crippen molar-refractivity contribution in [1.82, 2.24) is 5.43 Å². The van der Waals surface area contributed by atoms with E-state index in [0.29, 0.717) is 12.4 Å². The number of ether oxygens (including phenoxy) is 2. The Morgan fingerprint density at radius 2 is 1.72 bits per heavy atom. The molecule has 0 heterocycles. The van der Waals surface area contributed by atoms with E-state index in [9.17, 15) is 4.79 Å². The van der Waals surface area contributed by atoms with Crippen molar-refractivity contribution in [3.05, 3.63) is 92.9 Å². The maximum atomic E-state index is 11.9. The number of carbonyl (C=O) groups is 1. The van der Waals surface area contributed by atoms with Crippen molar-refractivity contribution in [3.8, 4) is 11.5 Å². The van der Waals surface area contributed by atoms with E-state index in [4.69, 9.17) is 9.47 Å². The van der Waals surface area contributed by atoms with Crippen LogP contribution in [-0.2, 0) is 11.4 Å². The summed E-state index contributed by atoms with van der Waals surface area (Å²) in [5.41, 5.74) is 4.39. The summed E-state index contributed by atoms with van der Waals surface area (Å²) in [6.45, 7) is 0.378. The molecule has 0 unspecified atom stereocenters. The number of nitrogens with zero attached hydrogens (tertiary/aromatic N) is 1. The summed E-state index contributed by atoms with van der Waals surface area (Å²) in [7, 11) is 0. The van der Waals surface area contributed by atoms with Gasteiger partial charge in [0.25, 0.3) is 5.91 Å². The van der Waals surface area contributed by atoms with Crippen LogP contribution in [0, 0.1) is 0 Å². The normalized spacial score (nSPS) is 10.7. The zero-order chi connectivity index (χ0) is 20.5. The fraction of sp³-hybridized carbons (Fsp3) is 0.0909. The Bertz CT molecular complexity index is 977. The summed E-state index contributed by atoms with van der Waals surface area (Å²) in [5, 5.41) is 3.95. The molecule has 0 aliphatic heterocycles. The van der Waals surface area contributed by atoms with Crippen LogP contribution in [0.2, 0.25) is 0 Å². The minimum Gasteiger partial charge on any atom is -0.489 e. The van der Waals surface area contributed by atoms with Crippen molar-refractivity contribution in [2.45, 2.75) is 6.61 Å². The van der Waals surface area contributed by atoms with Crippen LogP contribution in [0.3, 0.4) is 0 Å². The van der Waals surface area contributed by atoms with Gasteiger partial charge < -0.3 is 9.47 Å². The molecule has 0 bridgehead atoms. The number of benzene rings is 3. The van der Waals surface area contributed by atoms with E-state index >= 15 is 0 Å². The highest BCUT2D eigenvalue weighted by molar-refractivity contribution is 9.11. The Balaban J connectivity index is 1.43. The molecule has 0 aliphatic carbocycles. The summed E-state index contributed by atoms with van der Waals surface area (Å²) < 4.78 is 12.9. The molecule has 0 atom stereocenters. The number of hydrogen-bond donors (Lipinski definition) is 1. The zero-order valence-corrected chi connectivity index (χ0v) is 18.5. The fourth-order valence-corrected chi connectivity index (χ4v) is 3.50. The highest BCUT2D eigenvalue weighted by Crippen LogP contribution is 2.28. The van der Waals surface area contributed by atoms with Crippen molar-refractivity contribution in [2.24, 2.45) is 5.10 Å². The molecule has 3 aromatic rings. The molecule has 1 amide bonds. The molecule has 0 aliphatic rings. The minimum atomic E-state index is -0.348. The standard InChI is InChI=1S/C22H18Br2N2O3/c23-18-8-11-21(20(24)12-18)29-15-22(27)26-25-13-16-6-9-19(10-7-16)28-14-17-4-2-1-3-5-17/h1-13H,14-15H2,(H,26,27). The number of rotatable bonds is 8. The van der Waals surface area contributed by atoms with Crippen LogP contribution in [0.25, 0.3) is 0 Å². The average molecular weight is 518 g/mol. The summed E-state index contributed by atoms with van der Waals surface area (Å²) in [5.74, 6) is 1.00. The molecule has 0 fully saturated rings. The molecule has 148 valence electrons. The van der Waals surface area contributed by atoms with E-state index in [-0.39, 0.29) is 12.5 Å². The molecule has 7 heteroatoms. The maximum Gasteiger partial charge on any atom is 0.277 e. The van der Waals surface area contributed by atoms with Gasteiger partial charge in [-0.1, -0.05) is 46.3 Å². The highest BCUT2D eigenvalue weighted by Gasteiger charge is 2.05. The Hall–Kier alpha value is -2.64. The van der Waals surface area contributed by atoms with Crippen molar-refractivity contribution < 1.29 is 14.3 Å². The monoisotopic (exact) mass is 516 g/mol. The summed E-state index contributed by atoms with van der Waals surface area (Å²) in [4.78, 5) is 11.9. The van der Waals surface area contributed by atoms with Crippen LogP contribution in [0.1, 0.15) is 11.1 Å². The van der Waals surface area contributed by atoms with E-state index in [1.54, 1.807) is 12.3 Å². The third-order valence-electron chi connectivity index (χ3n) is 3.78. The first-order chi connectivity index (χ1) is 14.1. The Kier molecular flexibility index (Phi) is 7.84. The third-order valence-corrected chi connectivity index (χ3v) is 4.90. The number of hydrazone groups is 1. The maximum absolute atomic E-state index is 11.9. The second-order valence-corrected chi connectivity index (χ2v) is 7.77. The van der Waals surface area contributed by atoms with Crippen LogP contribution in [0.5, 0.6) is 11.5 Å². The molecular formula is C22H18Br2N2O3. The van der Waals surface area contributed by atoms with Crippen LogP contribution in [-0.4, -0.2) is 18.7 Å². The summed E-state index contributed by atoms with van der Waals surface area (Å²) in [6, 6.07) is 22.9. The topological polar surface area (TPSA) is 59.9 Å². The van der Waals surface area contributed by atoms with Crippen LogP contribution >= 0.6 is 31.9 Å². The second kappa shape index (κ2) is 10.8. The first-order valence-electron chi connectivity index (χ1n) is 8.77. The number of amides is 1. The average Bonchev–Trinajstić information content (AvgIpc) is 2.73. The van der Waals surface area contributed by atoms with E-state index in [2.05, 4.69) is 42.4 Å². The first-order valence-corrected chi connectivity index (χ1v) is 10.4. The molecule has 29 heavy (non-hydrogen) atoms. The Morgan fingerprint density at radius 3 is 2.45 bits per heavy atom. The lowest BCUT2D eigenvalue weighted by Gasteiger charge is -2.07. The molecule has 0 aromatic heterocycles. The van der Waals surface area contributed by atoms with Crippen LogP contribution < -0.4 is 14.9 Å². The number of nitrogens with one attached hydrogen (secondary N) is 1. The number of carbonyl (C=O) groups excluding carboxylic acids is 1. The molecule has 3 aromatic carbocycles. The predicted octanol–water partition coefficient (Wildman–Crippen LogP) is 5.32. The quantitative estimate of drug-likeness (QED) is 0.325. The molecular weight excluding hydrogens is 500 g/mol. The fourth-order valence-electron chi connectivity index (χ4n) is 2.34. The smallest absolute Gasteiger partial charge is 0.277 e. The third kappa shape index (κ3) is 7.03. The van der Waals surface area contributed by atoms with Gasteiger partial charge in [-0.25, -0.2) is 5.43 Å². The first kappa shape index (κ1) is 21.1. The number of hydrogen-bond acceptors (Lipinski definition) is 4. The van der Waals surface area contributed by atoms with Crippen molar-refractivity contribution in [1.29, 1.82) is 0 Å². The molecule has 0 spiro atoms. The van der Waals surface area contributed by atoms with E-state index < -0.39 is 0 Å². The lowest BCUT2D eigenvalue weighted by atomic mass is 10.2. The van der Waals surface area contributed by atoms with Gasteiger partial charge in [0, 0.05) is 4.47 Å². The molecule has 0 saturated carbocycles. The molecule has 0 saturated heterocycles. The summed E-state index contributed by atoms with van der Waals surface area (Å²) in [6.07, 6.45) is 1.56. The Labute approximate surface area is 186 Å². The Morgan fingerprint density at radius 1 is 0.966 bits per heavy atom. The van der Waals surface area contributed by atoms with E-state index in [1.165, 1.54) is 0 Å². The molecule has 3 rings (SSSR count). The van der Waals surface area contributed by atoms with Crippen molar-refractivity contribution in [2.75, 3.05) is 6.61 Å². The van der Waals surface area contributed by atoms with E-state index in [0.717, 1.165) is 25.8 Å². The zero-order valence-electron chi connectivity index (χ0n) is 15.3. The van der Waals surface area contributed by atoms with Crippen molar-refractivity contribution >= 4 is 44.0 Å². The predicted molar refractivity (Wildman–Crippen MR) is 120 cm³/mol. The highest BCUT2D eigenvalue weighted by atomic mass is 79.9. The van der Waals surface area contributed by atoms with Gasteiger partial charge in [0.05, 0.1) is 10.7 Å². The molecule has 5 nitrogen and oxygen atoms in total. The van der Waals surface area contributed by atoms with Gasteiger partial charge in [-0.2, -0.15) is 5.10 Å². The van der Waals surface area contributed by atoms with E-state index in [1.807, 2.05) is 66.7 Å². The van der Waals surface area contributed by atoms with Gasteiger partial charge in [-0.15, -0.1) is 0 Å². The number of halogens is 2. The largest absolute Gasteiger partial charge is 0.489 e. The van der Waals surface area contributed by atoms with Gasteiger partial charge in [0.15, 0.2) is 6.61 Å². The van der Waals surface area contributed by atoms with Crippen LogP contribution in [0.15, 0.2) is 86.8 Å². The second-order valence-electron chi connectivity index (χ2n) is 6.00. The van der Waals surface area contributed by atoms with Gasteiger partial charge in [0.1, 0.15) is 18.1 Å². The molecule has 1 N–H and O–H groups in total. The lowest BCUT2D eigenvalue weighted by molar-refractivity contribution is -0.123. The van der Waals surface area contributed by atoms with Gasteiger partial charge in [0.2, 0.25) is 0 Å².